The van der Waals surface area contributed by atoms with Crippen LogP contribution in [0.3, 0.4) is 0 Å². The number of thiophene rings is 1. The molecule has 2 aliphatic rings. The zero-order valence-electron chi connectivity index (χ0n) is 17.3. The van der Waals surface area contributed by atoms with E-state index in [1.807, 2.05) is 0 Å². The minimum Gasteiger partial charge on any atom is -0.466 e. The van der Waals surface area contributed by atoms with Crippen LogP contribution in [-0.2, 0) is 31.9 Å². The molecule has 0 bridgehead atoms. The molecule has 1 aromatic rings. The lowest BCUT2D eigenvalue weighted by molar-refractivity contribution is -0.899. The van der Waals surface area contributed by atoms with Crippen LogP contribution in [0.1, 0.15) is 60.3 Å². The first-order valence-electron chi connectivity index (χ1n) is 10.6. The zero-order chi connectivity index (χ0) is 20.8. The molecule has 1 aliphatic heterocycles. The Kier molecular flexibility index (Phi) is 7.66. The number of rotatable bonds is 7. The first kappa shape index (κ1) is 21.8. The number of aryl methyl sites for hydroxylation is 1. The summed E-state index contributed by atoms with van der Waals surface area (Å²) in [5.74, 6) is -0.792. The van der Waals surface area contributed by atoms with Gasteiger partial charge in [-0.2, -0.15) is 0 Å². The molecule has 2 heterocycles. The second-order valence-corrected chi connectivity index (χ2v) is 8.76. The third-order valence-corrected chi connectivity index (χ3v) is 6.76. The maximum atomic E-state index is 12.7. The number of esters is 2. The van der Waals surface area contributed by atoms with Crippen LogP contribution in [0.4, 0.5) is 5.00 Å². The van der Waals surface area contributed by atoms with Crippen LogP contribution in [0.25, 0.3) is 0 Å². The van der Waals surface area contributed by atoms with Crippen LogP contribution in [-0.4, -0.2) is 50.7 Å². The molecular weight excluding hydrogens is 392 g/mol. The third-order valence-electron chi connectivity index (χ3n) is 5.55. The number of hydrogen-bond donors (Lipinski definition) is 2. The van der Waals surface area contributed by atoms with E-state index in [0.717, 1.165) is 55.5 Å². The van der Waals surface area contributed by atoms with Crippen LogP contribution in [0, 0.1) is 5.92 Å². The van der Waals surface area contributed by atoms with Gasteiger partial charge >= 0.3 is 11.9 Å². The fraction of sp³-hybridized carbons (Fsp3) is 0.667. The number of quaternary nitrogens is 1. The van der Waals surface area contributed by atoms with Crippen LogP contribution in [0.15, 0.2) is 0 Å². The molecule has 160 valence electrons. The molecule has 7 nitrogen and oxygen atoms in total. The van der Waals surface area contributed by atoms with Crippen molar-refractivity contribution in [3.05, 3.63) is 16.0 Å². The SMILES string of the molecule is CCOC(=O)c1c(NC(=O)C[NH+]2CCC[C@H](C(=O)OCC)C2)sc2c1CCCC2. The van der Waals surface area contributed by atoms with Gasteiger partial charge in [-0.05, 0) is 57.9 Å². The van der Waals surface area contributed by atoms with Gasteiger partial charge in [0.2, 0.25) is 0 Å². The molecule has 1 aromatic heterocycles. The number of likely N-dealkylation sites (tertiary alicyclic amines) is 1. The van der Waals surface area contributed by atoms with Gasteiger partial charge < -0.3 is 19.7 Å². The number of ether oxygens (including phenoxy) is 2. The summed E-state index contributed by atoms with van der Waals surface area (Å²) in [5, 5.41) is 3.58. The molecule has 1 amide bonds. The van der Waals surface area contributed by atoms with E-state index in [-0.39, 0.29) is 30.3 Å². The highest BCUT2D eigenvalue weighted by molar-refractivity contribution is 7.17. The Hall–Kier alpha value is -1.93. The quantitative estimate of drug-likeness (QED) is 0.651. The first-order chi connectivity index (χ1) is 14.0. The van der Waals surface area contributed by atoms with Crippen molar-refractivity contribution in [3.8, 4) is 0 Å². The zero-order valence-corrected chi connectivity index (χ0v) is 18.1. The number of carbonyl (C=O) groups is 3. The molecule has 8 heteroatoms. The smallest absolute Gasteiger partial charge is 0.341 e. The highest BCUT2D eigenvalue weighted by Gasteiger charge is 2.32. The normalized spacial score (nSPS) is 21.2. The molecule has 0 saturated carbocycles. The second kappa shape index (κ2) is 10.2. The summed E-state index contributed by atoms with van der Waals surface area (Å²) < 4.78 is 10.4. The topological polar surface area (TPSA) is 86.1 Å². The van der Waals surface area contributed by atoms with Crippen molar-refractivity contribution >= 4 is 34.2 Å². The Morgan fingerprint density at radius 3 is 2.62 bits per heavy atom. The summed E-state index contributed by atoms with van der Waals surface area (Å²) >= 11 is 1.50. The number of carbonyl (C=O) groups excluding carboxylic acids is 3. The first-order valence-corrected chi connectivity index (χ1v) is 11.5. The summed E-state index contributed by atoms with van der Waals surface area (Å²) in [5.41, 5.74) is 1.58. The Morgan fingerprint density at radius 2 is 1.86 bits per heavy atom. The Bertz CT molecular complexity index is 760. The van der Waals surface area contributed by atoms with Gasteiger partial charge in [0.05, 0.1) is 31.9 Å². The van der Waals surface area contributed by atoms with Crippen molar-refractivity contribution in [2.75, 3.05) is 38.2 Å². The molecule has 0 spiro atoms. The summed E-state index contributed by atoms with van der Waals surface area (Å²) in [7, 11) is 0. The minimum atomic E-state index is -0.352. The van der Waals surface area contributed by atoms with E-state index < -0.39 is 0 Å². The number of hydrogen-bond acceptors (Lipinski definition) is 6. The molecule has 1 unspecified atom stereocenters. The maximum absolute atomic E-state index is 12.7. The van der Waals surface area contributed by atoms with E-state index >= 15 is 0 Å². The van der Waals surface area contributed by atoms with E-state index in [4.69, 9.17) is 9.47 Å². The van der Waals surface area contributed by atoms with Gasteiger partial charge in [0.25, 0.3) is 5.91 Å². The molecule has 3 rings (SSSR count). The van der Waals surface area contributed by atoms with Crippen LogP contribution in [0.5, 0.6) is 0 Å². The van der Waals surface area contributed by atoms with E-state index in [2.05, 4.69) is 5.32 Å². The predicted molar refractivity (Wildman–Crippen MR) is 110 cm³/mol. The highest BCUT2D eigenvalue weighted by Crippen LogP contribution is 2.38. The van der Waals surface area contributed by atoms with Crippen molar-refractivity contribution in [2.24, 2.45) is 5.92 Å². The largest absolute Gasteiger partial charge is 0.466 e. The van der Waals surface area contributed by atoms with Crippen molar-refractivity contribution in [2.45, 2.75) is 52.4 Å². The van der Waals surface area contributed by atoms with Crippen molar-refractivity contribution in [1.82, 2.24) is 0 Å². The number of anilines is 1. The predicted octanol–water partition coefficient (Wildman–Crippen LogP) is 1.60. The number of piperidine rings is 1. The average Bonchev–Trinajstić information content (AvgIpc) is 3.06. The second-order valence-electron chi connectivity index (χ2n) is 7.66. The molecule has 29 heavy (non-hydrogen) atoms. The van der Waals surface area contributed by atoms with E-state index in [9.17, 15) is 14.4 Å². The van der Waals surface area contributed by atoms with Gasteiger partial charge in [-0.3, -0.25) is 9.59 Å². The van der Waals surface area contributed by atoms with Crippen LogP contribution in [0.2, 0.25) is 0 Å². The lowest BCUT2D eigenvalue weighted by Gasteiger charge is -2.28. The van der Waals surface area contributed by atoms with E-state index in [1.54, 1.807) is 13.8 Å². The van der Waals surface area contributed by atoms with Crippen molar-refractivity contribution < 1.29 is 28.8 Å². The number of fused-ring (bicyclic) bond motifs is 1. The van der Waals surface area contributed by atoms with Crippen LogP contribution >= 0.6 is 11.3 Å². The average molecular weight is 424 g/mol. The number of amides is 1. The lowest BCUT2D eigenvalue weighted by atomic mass is 9.95. The van der Waals surface area contributed by atoms with Gasteiger partial charge in [-0.1, -0.05) is 0 Å². The third kappa shape index (κ3) is 5.36. The molecule has 2 atom stereocenters. The van der Waals surface area contributed by atoms with Crippen LogP contribution < -0.4 is 10.2 Å². The molecule has 0 aromatic carbocycles. The van der Waals surface area contributed by atoms with Gasteiger partial charge in [0, 0.05) is 4.88 Å². The summed E-state index contributed by atoms with van der Waals surface area (Å²) in [6.45, 7) is 6.03. The Labute approximate surface area is 175 Å². The lowest BCUT2D eigenvalue weighted by Crippen LogP contribution is -3.14. The standard InChI is InChI=1S/C21H30N2O5S/c1-3-27-20(25)14-8-7-11-23(12-14)13-17(24)22-19-18(21(26)28-4-2)15-9-5-6-10-16(15)29-19/h14H,3-13H2,1-2H3,(H,22,24)/p+1/t14-/m0/s1. The summed E-state index contributed by atoms with van der Waals surface area (Å²) in [4.78, 5) is 39.5. The van der Waals surface area contributed by atoms with Crippen molar-refractivity contribution in [3.63, 3.8) is 0 Å². The Balaban J connectivity index is 1.66. The van der Waals surface area contributed by atoms with E-state index in [0.29, 0.717) is 30.3 Å². The summed E-state index contributed by atoms with van der Waals surface area (Å²) in [6, 6.07) is 0. The molecule has 0 radical (unpaired) electrons. The fourth-order valence-electron chi connectivity index (χ4n) is 4.24. The van der Waals surface area contributed by atoms with Gasteiger partial charge in [-0.25, -0.2) is 4.79 Å². The molecule has 1 saturated heterocycles. The highest BCUT2D eigenvalue weighted by atomic mass is 32.1. The molecular formula is C21H31N2O5S+. The minimum absolute atomic E-state index is 0.131. The van der Waals surface area contributed by atoms with E-state index in [1.165, 1.54) is 16.2 Å². The van der Waals surface area contributed by atoms with Gasteiger partial charge in [0.1, 0.15) is 10.9 Å². The Morgan fingerprint density at radius 1 is 1.10 bits per heavy atom. The molecule has 2 N–H and O–H groups in total. The van der Waals surface area contributed by atoms with Gasteiger partial charge in [-0.15, -0.1) is 11.3 Å². The monoisotopic (exact) mass is 423 g/mol. The van der Waals surface area contributed by atoms with Gasteiger partial charge in [0.15, 0.2) is 6.54 Å². The molecule has 1 fully saturated rings. The number of nitrogens with one attached hydrogen (secondary N) is 2. The molecule has 1 aliphatic carbocycles. The fourth-order valence-corrected chi connectivity index (χ4v) is 5.54. The maximum Gasteiger partial charge on any atom is 0.341 e. The summed E-state index contributed by atoms with van der Waals surface area (Å²) in [6.07, 6.45) is 5.67. The van der Waals surface area contributed by atoms with Crippen molar-refractivity contribution in [1.29, 1.82) is 0 Å².